The first kappa shape index (κ1) is 15.9. The molecule has 0 spiro atoms. The van der Waals surface area contributed by atoms with E-state index in [0.717, 1.165) is 29.1 Å². The molecular weight excluding hydrogens is 310 g/mol. The van der Waals surface area contributed by atoms with E-state index in [2.05, 4.69) is 22.3 Å². The standard InChI is InChI=1S/C16H21N5OS/c1-11-3-5-12(6-4-11)15-18-16(23)21(19-15)10-20(2)9-14(22)17-13-7-8-13/h3-6,13H,7-10H2,1-2H3,(H,17,22)(H,18,19,23)/p+1. The lowest BCUT2D eigenvalue weighted by Gasteiger charge is -2.13. The number of nitrogens with zero attached hydrogens (tertiary/aromatic N) is 2. The van der Waals surface area contributed by atoms with E-state index in [-0.39, 0.29) is 5.91 Å². The molecule has 0 radical (unpaired) electrons. The van der Waals surface area contributed by atoms with E-state index in [1.807, 2.05) is 36.0 Å². The zero-order valence-electron chi connectivity index (χ0n) is 13.4. The molecule has 1 aromatic carbocycles. The third-order valence-corrected chi connectivity index (χ3v) is 4.15. The van der Waals surface area contributed by atoms with Crippen LogP contribution in [-0.2, 0) is 11.5 Å². The number of likely N-dealkylation sites (N-methyl/N-ethyl adjacent to an activating group) is 1. The molecule has 122 valence electrons. The second-order valence-electron chi connectivity index (χ2n) is 6.28. The highest BCUT2D eigenvalue weighted by molar-refractivity contribution is 7.71. The molecule has 0 aliphatic heterocycles. The number of carbonyl (C=O) groups excluding carboxylic acids is 1. The summed E-state index contributed by atoms with van der Waals surface area (Å²) in [4.78, 5) is 17.3. The highest BCUT2D eigenvalue weighted by Crippen LogP contribution is 2.18. The molecule has 1 heterocycles. The van der Waals surface area contributed by atoms with E-state index >= 15 is 0 Å². The van der Waals surface area contributed by atoms with Gasteiger partial charge in [0, 0.05) is 11.6 Å². The minimum atomic E-state index is 0.0924. The lowest BCUT2D eigenvalue weighted by atomic mass is 10.1. The fraction of sp³-hybridized carbons (Fsp3) is 0.438. The summed E-state index contributed by atoms with van der Waals surface area (Å²) in [5.74, 6) is 0.847. The molecule has 0 saturated heterocycles. The van der Waals surface area contributed by atoms with Gasteiger partial charge in [0.2, 0.25) is 4.77 Å². The van der Waals surface area contributed by atoms with Crippen LogP contribution in [-0.4, -0.2) is 40.3 Å². The van der Waals surface area contributed by atoms with Crippen LogP contribution < -0.4 is 10.2 Å². The summed E-state index contributed by atoms with van der Waals surface area (Å²) < 4.78 is 2.31. The highest BCUT2D eigenvalue weighted by Gasteiger charge is 2.24. The van der Waals surface area contributed by atoms with E-state index in [1.165, 1.54) is 5.56 Å². The van der Waals surface area contributed by atoms with Gasteiger partial charge >= 0.3 is 0 Å². The predicted molar refractivity (Wildman–Crippen MR) is 90.5 cm³/mol. The molecule has 1 atom stereocenters. The summed E-state index contributed by atoms with van der Waals surface area (Å²) in [6.45, 7) is 3.06. The van der Waals surface area contributed by atoms with Crippen molar-refractivity contribution in [3.05, 3.63) is 34.6 Å². The summed E-state index contributed by atoms with van der Waals surface area (Å²) in [5, 5.41) is 6.22. The predicted octanol–water partition coefficient (Wildman–Crippen LogP) is 0.667. The second kappa shape index (κ2) is 6.64. The topological polar surface area (TPSA) is 67.2 Å². The van der Waals surface area contributed by atoms with Crippen LogP contribution in [0.25, 0.3) is 11.4 Å². The SMILES string of the molecule is Cc1ccc(-c2nc(=S)n(C[NH+](C)CC(=O)NC3CC3)[nH]2)cc1. The minimum Gasteiger partial charge on any atom is -0.348 e. The van der Waals surface area contributed by atoms with Crippen molar-refractivity contribution in [1.82, 2.24) is 20.1 Å². The number of carbonyl (C=O) groups is 1. The molecule has 1 aromatic heterocycles. The van der Waals surface area contributed by atoms with Crippen LogP contribution in [0.15, 0.2) is 24.3 Å². The van der Waals surface area contributed by atoms with Gasteiger partial charge in [-0.05, 0) is 32.0 Å². The van der Waals surface area contributed by atoms with Crippen molar-refractivity contribution in [2.45, 2.75) is 32.5 Å². The van der Waals surface area contributed by atoms with Crippen molar-refractivity contribution in [3.63, 3.8) is 0 Å². The molecule has 1 aliphatic carbocycles. The molecular formula is C16H22N5OS+. The first-order valence-electron chi connectivity index (χ1n) is 7.86. The van der Waals surface area contributed by atoms with Crippen LogP contribution in [0.4, 0.5) is 0 Å². The number of nitrogens with one attached hydrogen (secondary N) is 3. The van der Waals surface area contributed by atoms with Gasteiger partial charge in [-0.2, -0.15) is 4.98 Å². The zero-order valence-corrected chi connectivity index (χ0v) is 14.2. The van der Waals surface area contributed by atoms with Gasteiger partial charge in [0.1, 0.15) is 0 Å². The third kappa shape index (κ3) is 4.27. The van der Waals surface area contributed by atoms with Crippen molar-refractivity contribution in [2.24, 2.45) is 0 Å². The molecule has 1 fully saturated rings. The monoisotopic (exact) mass is 332 g/mol. The number of aromatic amines is 1. The maximum Gasteiger partial charge on any atom is 0.275 e. The van der Waals surface area contributed by atoms with Crippen LogP contribution in [0, 0.1) is 11.7 Å². The Hall–Kier alpha value is -1.99. The van der Waals surface area contributed by atoms with Gasteiger partial charge in [-0.3, -0.25) is 9.89 Å². The first-order valence-corrected chi connectivity index (χ1v) is 8.26. The largest absolute Gasteiger partial charge is 0.348 e. The zero-order chi connectivity index (χ0) is 16.4. The number of rotatable bonds is 6. The highest BCUT2D eigenvalue weighted by atomic mass is 32.1. The molecule has 1 amide bonds. The summed E-state index contributed by atoms with van der Waals surface area (Å²) in [6.07, 6.45) is 2.21. The Balaban J connectivity index is 1.64. The van der Waals surface area contributed by atoms with Gasteiger partial charge < -0.3 is 10.2 Å². The molecule has 0 bridgehead atoms. The number of aromatic nitrogens is 3. The molecule has 3 rings (SSSR count). The molecule has 1 aliphatic rings. The maximum atomic E-state index is 11.8. The number of amides is 1. The second-order valence-corrected chi connectivity index (χ2v) is 6.65. The molecule has 23 heavy (non-hydrogen) atoms. The normalized spacial score (nSPS) is 15.4. The average molecular weight is 332 g/mol. The third-order valence-electron chi connectivity index (χ3n) is 3.84. The number of quaternary nitrogens is 1. The quantitative estimate of drug-likeness (QED) is 0.681. The first-order chi connectivity index (χ1) is 11.0. The summed E-state index contributed by atoms with van der Waals surface area (Å²) in [6, 6.07) is 8.54. The number of hydrogen-bond acceptors (Lipinski definition) is 3. The molecule has 1 unspecified atom stereocenters. The minimum absolute atomic E-state index is 0.0924. The fourth-order valence-corrected chi connectivity index (χ4v) is 2.61. The Kier molecular flexibility index (Phi) is 4.58. The van der Waals surface area contributed by atoms with Crippen LogP contribution in [0.5, 0.6) is 0 Å². The lowest BCUT2D eigenvalue weighted by molar-refractivity contribution is -0.895. The van der Waals surface area contributed by atoms with Crippen molar-refractivity contribution in [3.8, 4) is 11.4 Å². The number of hydrogen-bond donors (Lipinski definition) is 3. The van der Waals surface area contributed by atoms with E-state index in [1.54, 1.807) is 0 Å². The Morgan fingerprint density at radius 2 is 2.13 bits per heavy atom. The maximum absolute atomic E-state index is 11.8. The van der Waals surface area contributed by atoms with Gasteiger partial charge in [-0.1, -0.05) is 29.8 Å². The van der Waals surface area contributed by atoms with Crippen LogP contribution in [0.1, 0.15) is 18.4 Å². The van der Waals surface area contributed by atoms with Crippen LogP contribution in [0.3, 0.4) is 0 Å². The van der Waals surface area contributed by atoms with Gasteiger partial charge in [0.05, 0.1) is 7.05 Å². The van der Waals surface area contributed by atoms with Crippen molar-refractivity contribution >= 4 is 18.1 Å². The van der Waals surface area contributed by atoms with E-state index in [4.69, 9.17) is 12.2 Å². The van der Waals surface area contributed by atoms with Crippen molar-refractivity contribution < 1.29 is 9.69 Å². The Morgan fingerprint density at radius 3 is 2.78 bits per heavy atom. The number of aryl methyl sites for hydroxylation is 1. The van der Waals surface area contributed by atoms with Gasteiger partial charge in [-0.25, -0.2) is 4.68 Å². The van der Waals surface area contributed by atoms with Gasteiger partial charge in [-0.15, -0.1) is 0 Å². The summed E-state index contributed by atoms with van der Waals surface area (Å²) in [5.41, 5.74) is 2.21. The lowest BCUT2D eigenvalue weighted by Crippen LogP contribution is -3.09. The van der Waals surface area contributed by atoms with Crippen LogP contribution >= 0.6 is 12.2 Å². The Labute approximate surface area is 140 Å². The summed E-state index contributed by atoms with van der Waals surface area (Å²) in [7, 11) is 1.97. The fourth-order valence-electron chi connectivity index (χ4n) is 2.41. The number of H-pyrrole nitrogens is 1. The smallest absolute Gasteiger partial charge is 0.275 e. The molecule has 2 aromatic rings. The molecule has 1 saturated carbocycles. The van der Waals surface area contributed by atoms with Gasteiger partial charge in [0.15, 0.2) is 19.0 Å². The van der Waals surface area contributed by atoms with E-state index in [9.17, 15) is 4.79 Å². The Morgan fingerprint density at radius 1 is 1.43 bits per heavy atom. The molecule has 3 N–H and O–H groups in total. The van der Waals surface area contributed by atoms with E-state index < -0.39 is 0 Å². The Bertz CT molecular complexity index is 745. The number of benzene rings is 1. The summed E-state index contributed by atoms with van der Waals surface area (Å²) >= 11 is 5.32. The average Bonchev–Trinajstić information content (AvgIpc) is 3.23. The van der Waals surface area contributed by atoms with Gasteiger partial charge in [0.25, 0.3) is 5.91 Å². The van der Waals surface area contributed by atoms with Crippen molar-refractivity contribution in [1.29, 1.82) is 0 Å². The van der Waals surface area contributed by atoms with Crippen molar-refractivity contribution in [2.75, 3.05) is 13.6 Å². The van der Waals surface area contributed by atoms with E-state index in [0.29, 0.717) is 24.0 Å². The van der Waals surface area contributed by atoms with Crippen LogP contribution in [0.2, 0.25) is 0 Å². The molecule has 7 heteroatoms. The molecule has 6 nitrogen and oxygen atoms in total.